The van der Waals surface area contributed by atoms with Crippen molar-refractivity contribution in [2.45, 2.75) is 38.1 Å². The van der Waals surface area contributed by atoms with Crippen molar-refractivity contribution in [1.29, 1.82) is 0 Å². The summed E-state index contributed by atoms with van der Waals surface area (Å²) in [6, 6.07) is 10.7. The van der Waals surface area contributed by atoms with Gasteiger partial charge in [-0.1, -0.05) is 24.3 Å². The lowest BCUT2D eigenvalue weighted by Crippen LogP contribution is -2.33. The Labute approximate surface area is 160 Å². The molecule has 1 aromatic carbocycles. The SMILES string of the molecule is Cc1c(SCCCOCCN2CCc3ccccc3C2)cc[n+]([O-])c1C. The maximum atomic E-state index is 11.5. The summed E-state index contributed by atoms with van der Waals surface area (Å²) in [5.74, 6) is 1.01. The maximum absolute atomic E-state index is 11.5. The third-order valence-corrected chi connectivity index (χ3v) is 6.30. The number of aromatic nitrogens is 1. The van der Waals surface area contributed by atoms with E-state index in [4.69, 9.17) is 4.74 Å². The molecule has 0 atom stereocenters. The summed E-state index contributed by atoms with van der Waals surface area (Å²) in [6.45, 7) is 8.65. The Kier molecular flexibility index (Phi) is 6.94. The molecule has 1 aliphatic rings. The van der Waals surface area contributed by atoms with E-state index < -0.39 is 0 Å². The van der Waals surface area contributed by atoms with Gasteiger partial charge in [-0.25, -0.2) is 0 Å². The van der Waals surface area contributed by atoms with E-state index in [1.165, 1.54) is 16.0 Å². The Balaban J connectivity index is 1.29. The van der Waals surface area contributed by atoms with E-state index in [0.29, 0.717) is 0 Å². The molecular formula is C21H28N2O2S. The van der Waals surface area contributed by atoms with Gasteiger partial charge in [0.2, 0.25) is 0 Å². The van der Waals surface area contributed by atoms with Gasteiger partial charge in [0.05, 0.1) is 6.61 Å². The minimum Gasteiger partial charge on any atom is -0.619 e. The third kappa shape index (κ3) is 5.00. The number of nitrogens with zero attached hydrogens (tertiary/aromatic N) is 2. The molecule has 1 aliphatic heterocycles. The van der Waals surface area contributed by atoms with Gasteiger partial charge >= 0.3 is 0 Å². The first-order valence-electron chi connectivity index (χ1n) is 9.34. The number of hydrogen-bond acceptors (Lipinski definition) is 4. The molecule has 0 spiro atoms. The van der Waals surface area contributed by atoms with Gasteiger partial charge in [0.25, 0.3) is 0 Å². The molecule has 5 heteroatoms. The highest BCUT2D eigenvalue weighted by Gasteiger charge is 2.15. The molecule has 0 radical (unpaired) electrons. The summed E-state index contributed by atoms with van der Waals surface area (Å²) < 4.78 is 6.76. The smallest absolute Gasteiger partial charge is 0.193 e. The van der Waals surface area contributed by atoms with Crippen molar-refractivity contribution in [2.24, 2.45) is 0 Å². The molecule has 0 unspecified atom stereocenters. The number of pyridine rings is 1. The third-order valence-electron chi connectivity index (χ3n) is 5.06. The van der Waals surface area contributed by atoms with Crippen LogP contribution in [0.3, 0.4) is 0 Å². The summed E-state index contributed by atoms with van der Waals surface area (Å²) in [4.78, 5) is 3.67. The van der Waals surface area contributed by atoms with Crippen LogP contribution in [-0.4, -0.2) is 37.0 Å². The first-order chi connectivity index (χ1) is 12.6. The quantitative estimate of drug-likeness (QED) is 0.308. The Morgan fingerprint density at radius 2 is 1.96 bits per heavy atom. The van der Waals surface area contributed by atoms with E-state index in [9.17, 15) is 5.21 Å². The highest BCUT2D eigenvalue weighted by atomic mass is 32.2. The predicted molar refractivity (Wildman–Crippen MR) is 106 cm³/mol. The second-order valence-electron chi connectivity index (χ2n) is 6.83. The predicted octanol–water partition coefficient (Wildman–Crippen LogP) is 3.49. The molecule has 0 amide bonds. The maximum Gasteiger partial charge on any atom is 0.193 e. The number of hydrogen-bond donors (Lipinski definition) is 0. The van der Waals surface area contributed by atoms with Crippen molar-refractivity contribution in [3.05, 3.63) is 64.1 Å². The number of thioether (sulfide) groups is 1. The van der Waals surface area contributed by atoms with Gasteiger partial charge in [0.15, 0.2) is 11.9 Å². The second-order valence-corrected chi connectivity index (χ2v) is 7.96. The van der Waals surface area contributed by atoms with E-state index in [-0.39, 0.29) is 0 Å². The van der Waals surface area contributed by atoms with Gasteiger partial charge in [-0.15, -0.1) is 11.8 Å². The molecule has 0 N–H and O–H groups in total. The van der Waals surface area contributed by atoms with Crippen molar-refractivity contribution >= 4 is 11.8 Å². The van der Waals surface area contributed by atoms with Gasteiger partial charge in [-0.2, -0.15) is 4.73 Å². The standard InChI is InChI=1S/C21H28N2O2S/c1-17-18(2)23(24)11-9-21(17)26-15-5-13-25-14-12-22-10-8-19-6-3-4-7-20(19)16-22/h3-4,6-7,9,11H,5,8,10,12-16H2,1-2H3. The average Bonchev–Trinajstić information content (AvgIpc) is 2.67. The van der Waals surface area contributed by atoms with Crippen molar-refractivity contribution < 1.29 is 9.47 Å². The lowest BCUT2D eigenvalue weighted by molar-refractivity contribution is -0.613. The van der Waals surface area contributed by atoms with Crippen LogP contribution < -0.4 is 4.73 Å². The highest BCUT2D eigenvalue weighted by Crippen LogP contribution is 2.23. The van der Waals surface area contributed by atoms with Crippen LogP contribution in [0.15, 0.2) is 41.4 Å². The molecule has 1 aromatic heterocycles. The van der Waals surface area contributed by atoms with Crippen LogP contribution in [0.1, 0.15) is 28.8 Å². The minimum atomic E-state index is 0.786. The Morgan fingerprint density at radius 3 is 2.81 bits per heavy atom. The van der Waals surface area contributed by atoms with Crippen molar-refractivity contribution in [1.82, 2.24) is 4.90 Å². The second kappa shape index (κ2) is 9.40. The summed E-state index contributed by atoms with van der Waals surface area (Å²) in [6.07, 6.45) is 3.77. The lowest BCUT2D eigenvalue weighted by Gasteiger charge is -2.28. The molecule has 0 bridgehead atoms. The molecular weight excluding hydrogens is 344 g/mol. The Morgan fingerprint density at radius 1 is 1.15 bits per heavy atom. The Hall–Kier alpha value is -1.56. The fourth-order valence-corrected chi connectivity index (χ4v) is 4.26. The van der Waals surface area contributed by atoms with Crippen LogP contribution in [0.4, 0.5) is 0 Å². The van der Waals surface area contributed by atoms with E-state index in [0.717, 1.165) is 67.4 Å². The summed E-state index contributed by atoms with van der Waals surface area (Å²) in [5.41, 5.74) is 4.83. The van der Waals surface area contributed by atoms with Crippen LogP contribution in [0.25, 0.3) is 0 Å². The van der Waals surface area contributed by atoms with E-state index in [1.54, 1.807) is 18.0 Å². The summed E-state index contributed by atoms with van der Waals surface area (Å²) >= 11 is 1.81. The molecule has 140 valence electrons. The molecule has 0 saturated carbocycles. The van der Waals surface area contributed by atoms with E-state index in [1.807, 2.05) is 19.9 Å². The molecule has 26 heavy (non-hydrogen) atoms. The number of benzene rings is 1. The monoisotopic (exact) mass is 372 g/mol. The van der Waals surface area contributed by atoms with Gasteiger partial charge in [0.1, 0.15) is 0 Å². The molecule has 4 nitrogen and oxygen atoms in total. The van der Waals surface area contributed by atoms with Gasteiger partial charge in [-0.05, 0) is 30.9 Å². The molecule has 2 heterocycles. The minimum absolute atomic E-state index is 0.786. The average molecular weight is 373 g/mol. The molecule has 0 aliphatic carbocycles. The number of fused-ring (bicyclic) bond motifs is 1. The first kappa shape index (κ1) is 19.2. The zero-order valence-corrected chi connectivity index (χ0v) is 16.6. The fraction of sp³-hybridized carbons (Fsp3) is 0.476. The van der Waals surface area contributed by atoms with Gasteiger partial charge in [-0.3, -0.25) is 4.90 Å². The normalized spacial score (nSPS) is 14.4. The summed E-state index contributed by atoms with van der Waals surface area (Å²) in [5, 5.41) is 11.5. The zero-order chi connectivity index (χ0) is 18.4. The molecule has 0 saturated heterocycles. The lowest BCUT2D eigenvalue weighted by atomic mass is 10.0. The fourth-order valence-electron chi connectivity index (χ4n) is 3.26. The van der Waals surface area contributed by atoms with Crippen molar-refractivity contribution in [2.75, 3.05) is 32.1 Å². The topological polar surface area (TPSA) is 39.4 Å². The highest BCUT2D eigenvalue weighted by molar-refractivity contribution is 7.99. The largest absolute Gasteiger partial charge is 0.619 e. The van der Waals surface area contributed by atoms with Crippen molar-refractivity contribution in [3.63, 3.8) is 0 Å². The summed E-state index contributed by atoms with van der Waals surface area (Å²) in [7, 11) is 0. The van der Waals surface area contributed by atoms with Gasteiger partial charge in [0, 0.05) is 55.4 Å². The molecule has 2 aromatic rings. The van der Waals surface area contributed by atoms with Crippen LogP contribution in [0, 0.1) is 19.1 Å². The zero-order valence-electron chi connectivity index (χ0n) is 15.7. The van der Waals surface area contributed by atoms with E-state index in [2.05, 4.69) is 29.2 Å². The molecule has 0 fully saturated rings. The van der Waals surface area contributed by atoms with Gasteiger partial charge < -0.3 is 9.94 Å². The van der Waals surface area contributed by atoms with Crippen LogP contribution >= 0.6 is 11.8 Å². The number of ether oxygens (including phenoxy) is 1. The number of rotatable bonds is 8. The van der Waals surface area contributed by atoms with Crippen LogP contribution in [0.2, 0.25) is 0 Å². The molecule has 3 rings (SSSR count). The first-order valence-corrected chi connectivity index (χ1v) is 10.3. The van der Waals surface area contributed by atoms with E-state index >= 15 is 0 Å². The van der Waals surface area contributed by atoms with Crippen LogP contribution in [-0.2, 0) is 17.7 Å². The van der Waals surface area contributed by atoms with Crippen molar-refractivity contribution in [3.8, 4) is 0 Å². The van der Waals surface area contributed by atoms with Crippen LogP contribution in [0.5, 0.6) is 0 Å². The Bertz CT molecular complexity index is 736.